The summed E-state index contributed by atoms with van der Waals surface area (Å²) in [6, 6.07) is 7.17. The van der Waals surface area contributed by atoms with Crippen molar-refractivity contribution in [3.63, 3.8) is 0 Å². The molecule has 9 heteroatoms. The smallest absolute Gasteiger partial charge is 0.416 e. The average molecular weight is 414 g/mol. The lowest BCUT2D eigenvalue weighted by molar-refractivity contribution is -0.137. The summed E-state index contributed by atoms with van der Waals surface area (Å²) in [5, 5.41) is 0. The highest BCUT2D eigenvalue weighted by Crippen LogP contribution is 2.40. The van der Waals surface area contributed by atoms with Gasteiger partial charge in [0.25, 0.3) is 10.0 Å². The molecule has 0 saturated carbocycles. The van der Waals surface area contributed by atoms with E-state index < -0.39 is 21.8 Å². The number of methoxy groups -OCH3 is 1. The third kappa shape index (κ3) is 3.68. The van der Waals surface area contributed by atoms with Crippen LogP contribution in [0.3, 0.4) is 0 Å². The molecule has 1 aliphatic heterocycles. The van der Waals surface area contributed by atoms with Crippen molar-refractivity contribution < 1.29 is 26.3 Å². The van der Waals surface area contributed by atoms with Gasteiger partial charge in [0, 0.05) is 18.7 Å². The summed E-state index contributed by atoms with van der Waals surface area (Å²) in [5.74, 6) is 0.658. The van der Waals surface area contributed by atoms with Gasteiger partial charge in [-0.05, 0) is 56.4 Å². The van der Waals surface area contributed by atoms with Crippen LogP contribution in [0.1, 0.15) is 16.7 Å². The van der Waals surface area contributed by atoms with Gasteiger partial charge >= 0.3 is 6.18 Å². The van der Waals surface area contributed by atoms with Gasteiger partial charge in [-0.2, -0.15) is 13.2 Å². The van der Waals surface area contributed by atoms with Gasteiger partial charge in [0.15, 0.2) is 0 Å². The Morgan fingerprint density at radius 3 is 2.50 bits per heavy atom. The highest BCUT2D eigenvalue weighted by atomic mass is 32.2. The highest BCUT2D eigenvalue weighted by molar-refractivity contribution is 7.92. The Morgan fingerprint density at radius 1 is 1.18 bits per heavy atom. The summed E-state index contributed by atoms with van der Waals surface area (Å²) >= 11 is 0. The molecule has 5 nitrogen and oxygen atoms in total. The van der Waals surface area contributed by atoms with Crippen molar-refractivity contribution in [2.75, 3.05) is 32.1 Å². The molecule has 0 spiro atoms. The predicted molar refractivity (Wildman–Crippen MR) is 100 cm³/mol. The van der Waals surface area contributed by atoms with Gasteiger partial charge in [0.1, 0.15) is 5.75 Å². The van der Waals surface area contributed by atoms with Crippen molar-refractivity contribution >= 4 is 15.7 Å². The fraction of sp³-hybridized carbons (Fsp3) is 0.368. The quantitative estimate of drug-likeness (QED) is 0.751. The number of fused-ring (bicyclic) bond motifs is 1. The van der Waals surface area contributed by atoms with Crippen LogP contribution in [0.15, 0.2) is 41.3 Å². The van der Waals surface area contributed by atoms with Gasteiger partial charge < -0.3 is 9.64 Å². The number of sulfonamides is 1. The van der Waals surface area contributed by atoms with Crippen molar-refractivity contribution in [3.05, 3.63) is 53.1 Å². The van der Waals surface area contributed by atoms with E-state index in [0.29, 0.717) is 30.5 Å². The molecule has 2 aromatic rings. The van der Waals surface area contributed by atoms with Gasteiger partial charge in [-0.3, -0.25) is 4.31 Å². The zero-order valence-electron chi connectivity index (χ0n) is 15.7. The van der Waals surface area contributed by atoms with Crippen LogP contribution in [0.2, 0.25) is 0 Å². The molecule has 0 fully saturated rings. The fourth-order valence-electron chi connectivity index (χ4n) is 3.40. The molecular formula is C19H21F3N2O3S. The second kappa shape index (κ2) is 7.29. The topological polar surface area (TPSA) is 49.9 Å². The first kappa shape index (κ1) is 20.5. The number of alkyl halides is 3. The summed E-state index contributed by atoms with van der Waals surface area (Å²) in [6.07, 6.45) is -4.14. The number of hydrogen-bond donors (Lipinski definition) is 0. The molecule has 0 aliphatic carbocycles. The first-order chi connectivity index (χ1) is 13.1. The van der Waals surface area contributed by atoms with Gasteiger partial charge in [-0.25, -0.2) is 8.42 Å². The molecule has 0 aromatic heterocycles. The number of hydrogen-bond acceptors (Lipinski definition) is 4. The number of anilines is 1. The molecule has 0 amide bonds. The Bertz CT molecular complexity index is 988. The van der Waals surface area contributed by atoms with Crippen molar-refractivity contribution in [1.82, 2.24) is 4.90 Å². The molecule has 1 heterocycles. The number of rotatable bonds is 5. The number of nitrogens with zero attached hydrogens (tertiary/aromatic N) is 2. The Morgan fingerprint density at radius 2 is 1.89 bits per heavy atom. The first-order valence-electron chi connectivity index (χ1n) is 8.59. The van der Waals surface area contributed by atoms with Crippen LogP contribution in [0, 0.1) is 0 Å². The molecule has 152 valence electrons. The van der Waals surface area contributed by atoms with Crippen LogP contribution >= 0.6 is 0 Å². The minimum absolute atomic E-state index is 0.168. The maximum Gasteiger partial charge on any atom is 0.416 e. The maximum absolute atomic E-state index is 13.1. The van der Waals surface area contributed by atoms with Crippen molar-refractivity contribution in [1.29, 1.82) is 0 Å². The molecule has 0 N–H and O–H groups in total. The number of ether oxygens (including phenoxy) is 1. The lowest BCUT2D eigenvalue weighted by Crippen LogP contribution is -2.29. The van der Waals surface area contributed by atoms with Gasteiger partial charge in [0.2, 0.25) is 0 Å². The van der Waals surface area contributed by atoms with E-state index in [1.54, 1.807) is 19.2 Å². The van der Waals surface area contributed by atoms with Crippen LogP contribution in [0.5, 0.6) is 5.75 Å². The minimum atomic E-state index is -4.61. The predicted octanol–water partition coefficient (Wildman–Crippen LogP) is 3.53. The Hall–Kier alpha value is -2.26. The van der Waals surface area contributed by atoms with E-state index >= 15 is 0 Å². The van der Waals surface area contributed by atoms with E-state index in [9.17, 15) is 21.6 Å². The van der Waals surface area contributed by atoms with Crippen LogP contribution in [0.25, 0.3) is 0 Å². The summed E-state index contributed by atoms with van der Waals surface area (Å²) in [7, 11) is 1.22. The van der Waals surface area contributed by atoms with Crippen molar-refractivity contribution in [3.8, 4) is 5.75 Å². The molecular weight excluding hydrogens is 393 g/mol. The zero-order chi connectivity index (χ0) is 20.7. The van der Waals surface area contributed by atoms with E-state index in [-0.39, 0.29) is 11.4 Å². The van der Waals surface area contributed by atoms with Gasteiger partial charge in [0.05, 0.1) is 23.3 Å². The average Bonchev–Trinajstić information content (AvgIpc) is 3.06. The van der Waals surface area contributed by atoms with E-state index in [1.807, 2.05) is 19.0 Å². The molecule has 0 atom stereocenters. The highest BCUT2D eigenvalue weighted by Gasteiger charge is 2.36. The Kier molecular flexibility index (Phi) is 5.33. The van der Waals surface area contributed by atoms with E-state index in [0.717, 1.165) is 23.3 Å². The molecule has 0 bridgehead atoms. The molecule has 0 radical (unpaired) electrons. The third-order valence-electron chi connectivity index (χ3n) is 4.64. The molecule has 0 saturated heterocycles. The lowest BCUT2D eigenvalue weighted by Gasteiger charge is -2.22. The van der Waals surface area contributed by atoms with Crippen molar-refractivity contribution in [2.45, 2.75) is 24.0 Å². The van der Waals surface area contributed by atoms with Gasteiger partial charge in [-0.1, -0.05) is 6.07 Å². The minimum Gasteiger partial charge on any atom is -0.496 e. The largest absolute Gasteiger partial charge is 0.496 e. The number of benzene rings is 2. The van der Waals surface area contributed by atoms with Crippen LogP contribution in [-0.2, 0) is 29.2 Å². The first-order valence-corrected chi connectivity index (χ1v) is 10.0. The normalized spacial score (nSPS) is 14.5. The monoisotopic (exact) mass is 414 g/mol. The zero-order valence-corrected chi connectivity index (χ0v) is 16.6. The van der Waals surface area contributed by atoms with E-state index in [2.05, 4.69) is 0 Å². The van der Waals surface area contributed by atoms with Crippen molar-refractivity contribution in [2.24, 2.45) is 0 Å². The molecule has 1 aliphatic rings. The van der Waals surface area contributed by atoms with E-state index in [4.69, 9.17) is 4.74 Å². The third-order valence-corrected chi connectivity index (χ3v) is 6.45. The summed E-state index contributed by atoms with van der Waals surface area (Å²) in [5.41, 5.74) is 1.21. The standard InChI is InChI=1S/C19H21F3N2O3S/c1-23(2)12-16-15-9-10-24(17(15)7-8-18(16)27-3)28(25,26)14-6-4-5-13(11-14)19(20,21)22/h4-8,11H,9-10,12H2,1-3H3. The fourth-order valence-corrected chi connectivity index (χ4v) is 4.94. The SMILES string of the molecule is COc1ccc2c(c1CN(C)C)CCN2S(=O)(=O)c1cccc(C(F)(F)F)c1. The Balaban J connectivity index is 2.06. The van der Waals surface area contributed by atoms with Crippen LogP contribution in [0.4, 0.5) is 18.9 Å². The number of halogens is 3. The van der Waals surface area contributed by atoms with Gasteiger partial charge in [-0.15, -0.1) is 0 Å². The summed E-state index contributed by atoms with van der Waals surface area (Å²) < 4.78 is 71.8. The van der Waals surface area contributed by atoms with Crippen LogP contribution in [-0.4, -0.2) is 41.1 Å². The lowest BCUT2D eigenvalue weighted by atomic mass is 10.0. The van der Waals surface area contributed by atoms with Crippen LogP contribution < -0.4 is 9.04 Å². The second-order valence-corrected chi connectivity index (χ2v) is 8.70. The Labute approximate surface area is 162 Å². The summed E-state index contributed by atoms with van der Waals surface area (Å²) in [6.45, 7) is 0.727. The summed E-state index contributed by atoms with van der Waals surface area (Å²) in [4.78, 5) is 1.57. The second-order valence-electron chi connectivity index (χ2n) is 6.83. The molecule has 28 heavy (non-hydrogen) atoms. The molecule has 0 unspecified atom stereocenters. The molecule has 3 rings (SSSR count). The maximum atomic E-state index is 13.1. The van der Waals surface area contributed by atoms with E-state index in [1.165, 1.54) is 10.4 Å². The molecule has 2 aromatic carbocycles.